The monoisotopic (exact) mass is 452 g/mol. The number of carbonyl (C=O) groups is 4. The van der Waals surface area contributed by atoms with Gasteiger partial charge >= 0.3 is 0 Å². The molecule has 1 heterocycles. The second-order valence-electron chi connectivity index (χ2n) is 6.11. The summed E-state index contributed by atoms with van der Waals surface area (Å²) in [5.74, 6) is -0.674. The Morgan fingerprint density at radius 3 is 2.58 bits per heavy atom. The summed E-state index contributed by atoms with van der Waals surface area (Å²) in [7, 11) is 0. The maximum atomic E-state index is 12.1. The number of amides is 3. The molecule has 1 aliphatic rings. The molecule has 0 aromatic carbocycles. The fourth-order valence-electron chi connectivity index (χ4n) is 2.42. The quantitative estimate of drug-likeness (QED) is 0.221. The molecule has 24 heavy (non-hydrogen) atoms. The molecule has 0 radical (unpaired) electrons. The van der Waals surface area contributed by atoms with Crippen LogP contribution in [0.1, 0.15) is 39.5 Å². The van der Waals surface area contributed by atoms with Gasteiger partial charge in [0.25, 0.3) is 0 Å². The Hall–Kier alpha value is -1.03. The van der Waals surface area contributed by atoms with Crippen LogP contribution in [-0.4, -0.2) is 52.7 Å². The Labute approximate surface area is 156 Å². The van der Waals surface area contributed by atoms with Gasteiger partial charge in [0, 0.05) is 44.9 Å². The third-order valence-corrected chi connectivity index (χ3v) is 4.42. The van der Waals surface area contributed by atoms with Gasteiger partial charge in [0.1, 0.15) is 0 Å². The smallest absolute Gasteiger partial charge is 0.233 e. The van der Waals surface area contributed by atoms with E-state index in [4.69, 9.17) is 4.74 Å². The van der Waals surface area contributed by atoms with Crippen LogP contribution < -0.4 is 5.32 Å². The minimum Gasteiger partial charge on any atom is -0.381 e. The molecular formula is C16H25IN2O5. The third kappa shape index (κ3) is 7.25. The SMILES string of the molecule is CC(C)C1CC(=O)N(CCC(=O)NCCCOCCC(=O)I)C1=O. The minimum atomic E-state index is -0.257. The topological polar surface area (TPSA) is 92.8 Å². The Bertz CT molecular complexity index is 481. The minimum absolute atomic E-state index is 0.0617. The van der Waals surface area contributed by atoms with Crippen LogP contribution in [0.4, 0.5) is 0 Å². The fourth-order valence-corrected chi connectivity index (χ4v) is 2.64. The lowest BCUT2D eigenvalue weighted by Crippen LogP contribution is -2.36. The van der Waals surface area contributed by atoms with E-state index in [9.17, 15) is 19.2 Å². The van der Waals surface area contributed by atoms with Crippen molar-refractivity contribution >= 4 is 44.1 Å². The molecule has 0 bridgehead atoms. The highest BCUT2D eigenvalue weighted by Crippen LogP contribution is 2.26. The van der Waals surface area contributed by atoms with Crippen LogP contribution >= 0.6 is 22.6 Å². The van der Waals surface area contributed by atoms with Crippen molar-refractivity contribution in [1.82, 2.24) is 10.2 Å². The Balaban J connectivity index is 2.15. The number of rotatable bonds is 11. The zero-order valence-electron chi connectivity index (χ0n) is 14.2. The fraction of sp³-hybridized carbons (Fsp3) is 0.750. The largest absolute Gasteiger partial charge is 0.381 e. The summed E-state index contributed by atoms with van der Waals surface area (Å²) >= 11 is 1.72. The molecule has 1 rings (SSSR count). The van der Waals surface area contributed by atoms with Gasteiger partial charge in [-0.1, -0.05) is 13.8 Å². The van der Waals surface area contributed by atoms with Crippen LogP contribution in [0.15, 0.2) is 0 Å². The summed E-state index contributed by atoms with van der Waals surface area (Å²) in [5.41, 5.74) is 0. The summed E-state index contributed by atoms with van der Waals surface area (Å²) in [6.07, 6.45) is 1.40. The predicted molar refractivity (Wildman–Crippen MR) is 96.4 cm³/mol. The van der Waals surface area contributed by atoms with Gasteiger partial charge in [0.2, 0.25) is 17.7 Å². The van der Waals surface area contributed by atoms with E-state index in [1.54, 1.807) is 22.6 Å². The first-order valence-electron chi connectivity index (χ1n) is 8.20. The molecule has 1 saturated heterocycles. The number of halogens is 1. The van der Waals surface area contributed by atoms with Crippen molar-refractivity contribution in [2.45, 2.75) is 39.5 Å². The van der Waals surface area contributed by atoms with E-state index in [1.807, 2.05) is 13.8 Å². The van der Waals surface area contributed by atoms with Crippen LogP contribution in [0.5, 0.6) is 0 Å². The van der Waals surface area contributed by atoms with Gasteiger partial charge in [-0.2, -0.15) is 0 Å². The number of hydrogen-bond donors (Lipinski definition) is 1. The molecular weight excluding hydrogens is 427 g/mol. The highest BCUT2D eigenvalue weighted by Gasteiger charge is 2.39. The first-order valence-corrected chi connectivity index (χ1v) is 9.27. The van der Waals surface area contributed by atoms with E-state index in [0.29, 0.717) is 32.6 Å². The van der Waals surface area contributed by atoms with Gasteiger partial charge in [0.05, 0.1) is 6.61 Å². The molecule has 1 N–H and O–H groups in total. The lowest BCUT2D eigenvalue weighted by Gasteiger charge is -2.16. The average molecular weight is 452 g/mol. The molecule has 0 aromatic rings. The summed E-state index contributed by atoms with van der Waals surface area (Å²) in [6.45, 7) is 5.32. The number of nitrogens with zero attached hydrogens (tertiary/aromatic N) is 1. The number of nitrogens with one attached hydrogen (secondary N) is 1. The Kier molecular flexibility index (Phi) is 9.42. The first kappa shape index (κ1) is 21.0. The number of carbonyl (C=O) groups excluding carboxylic acids is 4. The summed E-state index contributed by atoms with van der Waals surface area (Å²) in [6, 6.07) is 0. The van der Waals surface area contributed by atoms with Crippen LogP contribution in [-0.2, 0) is 23.9 Å². The number of hydrogen-bond acceptors (Lipinski definition) is 5. The van der Waals surface area contributed by atoms with Gasteiger partial charge in [-0.15, -0.1) is 0 Å². The lowest BCUT2D eigenvalue weighted by molar-refractivity contribution is -0.140. The van der Waals surface area contributed by atoms with Crippen LogP contribution in [0.2, 0.25) is 0 Å². The maximum absolute atomic E-state index is 12.1. The molecule has 1 aliphatic heterocycles. The number of ether oxygens (including phenoxy) is 1. The van der Waals surface area contributed by atoms with E-state index < -0.39 is 0 Å². The third-order valence-electron chi connectivity index (χ3n) is 3.88. The van der Waals surface area contributed by atoms with Crippen molar-refractivity contribution in [1.29, 1.82) is 0 Å². The van der Waals surface area contributed by atoms with E-state index in [0.717, 1.165) is 0 Å². The summed E-state index contributed by atoms with van der Waals surface area (Å²) in [5, 5.41) is 2.73. The summed E-state index contributed by atoms with van der Waals surface area (Å²) < 4.78 is 5.32. The van der Waals surface area contributed by atoms with Crippen molar-refractivity contribution < 1.29 is 23.9 Å². The van der Waals surface area contributed by atoms with Gasteiger partial charge in [-0.25, -0.2) is 0 Å². The first-order chi connectivity index (χ1) is 11.3. The van der Waals surface area contributed by atoms with E-state index in [1.165, 1.54) is 4.90 Å². The molecule has 8 heteroatoms. The Morgan fingerprint density at radius 2 is 2.00 bits per heavy atom. The molecule has 0 aliphatic carbocycles. The second-order valence-corrected chi connectivity index (χ2v) is 7.31. The van der Waals surface area contributed by atoms with E-state index in [2.05, 4.69) is 5.32 Å². The van der Waals surface area contributed by atoms with Crippen molar-refractivity contribution in [2.75, 3.05) is 26.3 Å². The van der Waals surface area contributed by atoms with Crippen LogP contribution in [0, 0.1) is 11.8 Å². The van der Waals surface area contributed by atoms with Crippen molar-refractivity contribution in [3.63, 3.8) is 0 Å². The molecule has 136 valence electrons. The summed E-state index contributed by atoms with van der Waals surface area (Å²) in [4.78, 5) is 47.6. The lowest BCUT2D eigenvalue weighted by atomic mass is 9.94. The molecule has 1 fully saturated rings. The number of likely N-dealkylation sites (tertiary alicyclic amines) is 1. The molecule has 1 atom stereocenters. The van der Waals surface area contributed by atoms with Crippen LogP contribution in [0.3, 0.4) is 0 Å². The van der Waals surface area contributed by atoms with E-state index in [-0.39, 0.29) is 52.7 Å². The molecule has 7 nitrogen and oxygen atoms in total. The normalized spacial score (nSPS) is 17.7. The second kappa shape index (κ2) is 10.8. The van der Waals surface area contributed by atoms with Crippen molar-refractivity contribution in [3.05, 3.63) is 0 Å². The van der Waals surface area contributed by atoms with Gasteiger partial charge in [-0.05, 0) is 34.9 Å². The zero-order chi connectivity index (χ0) is 18.1. The standard InChI is InChI=1S/C16H25IN2O5/c1-11(2)12-10-15(22)19(16(12)23)7-4-14(21)18-6-3-8-24-9-5-13(17)20/h11-12H,3-10H2,1-2H3,(H,18,21). The number of imide groups is 1. The predicted octanol–water partition coefficient (Wildman–Crippen LogP) is 1.28. The highest BCUT2D eigenvalue weighted by atomic mass is 127. The van der Waals surface area contributed by atoms with Crippen molar-refractivity contribution in [2.24, 2.45) is 11.8 Å². The molecule has 0 aromatic heterocycles. The van der Waals surface area contributed by atoms with Crippen molar-refractivity contribution in [3.8, 4) is 0 Å². The van der Waals surface area contributed by atoms with Gasteiger partial charge < -0.3 is 10.1 Å². The molecule has 3 amide bonds. The van der Waals surface area contributed by atoms with Gasteiger partial charge in [-0.3, -0.25) is 24.1 Å². The van der Waals surface area contributed by atoms with Gasteiger partial charge in [0.15, 0.2) is 3.79 Å². The zero-order valence-corrected chi connectivity index (χ0v) is 16.3. The molecule has 0 saturated carbocycles. The maximum Gasteiger partial charge on any atom is 0.233 e. The highest BCUT2D eigenvalue weighted by molar-refractivity contribution is 14.1. The molecule has 1 unspecified atom stereocenters. The average Bonchev–Trinajstić information content (AvgIpc) is 2.79. The van der Waals surface area contributed by atoms with Crippen LogP contribution in [0.25, 0.3) is 0 Å². The van der Waals surface area contributed by atoms with E-state index >= 15 is 0 Å². The molecule has 0 spiro atoms. The Morgan fingerprint density at radius 1 is 1.29 bits per heavy atom.